The van der Waals surface area contributed by atoms with E-state index >= 15 is 0 Å². The lowest BCUT2D eigenvalue weighted by molar-refractivity contribution is -0.118. The van der Waals surface area contributed by atoms with E-state index in [1.165, 1.54) is 17.3 Å². The number of hydrogen-bond donors (Lipinski definition) is 2. The molecule has 3 nitrogen and oxygen atoms in total. The quantitative estimate of drug-likeness (QED) is 0.725. The number of primary amides is 1. The maximum Gasteiger partial charge on any atom is 0.235 e. The van der Waals surface area contributed by atoms with Gasteiger partial charge in [-0.15, -0.1) is 11.8 Å². The predicted octanol–water partition coefficient (Wildman–Crippen LogP) is 0.900. The fourth-order valence-electron chi connectivity index (χ4n) is 0.903. The Morgan fingerprint density at radius 3 is 2.50 bits per heavy atom. The summed E-state index contributed by atoms with van der Waals surface area (Å²) in [5, 5.41) is 0. The molecule has 0 aliphatic carbocycles. The first-order valence-electron chi connectivity index (χ1n) is 4.34. The molecule has 0 unspecified atom stereocenters. The molecule has 0 spiro atoms. The molecule has 0 heterocycles. The van der Waals surface area contributed by atoms with Gasteiger partial charge in [0.15, 0.2) is 0 Å². The van der Waals surface area contributed by atoms with Gasteiger partial charge in [-0.2, -0.15) is 0 Å². The predicted molar refractivity (Wildman–Crippen MR) is 59.1 cm³/mol. The highest BCUT2D eigenvalue weighted by Crippen LogP contribution is 2.18. The van der Waals surface area contributed by atoms with Crippen LogP contribution in [-0.4, -0.2) is 17.7 Å². The van der Waals surface area contributed by atoms with Crippen molar-refractivity contribution in [1.82, 2.24) is 0 Å². The van der Waals surface area contributed by atoms with Crippen molar-refractivity contribution >= 4 is 17.7 Å². The minimum Gasteiger partial charge on any atom is -0.368 e. The maximum atomic E-state index is 10.7. The van der Waals surface area contributed by atoms with Crippen molar-refractivity contribution in [2.24, 2.45) is 11.5 Å². The summed E-state index contributed by atoms with van der Waals surface area (Å²) in [7, 11) is 0. The molecule has 0 aromatic heterocycles. The van der Waals surface area contributed by atoms with Crippen molar-refractivity contribution in [1.29, 1.82) is 0 Å². The number of carbonyl (C=O) groups excluding carboxylic acids is 1. The number of benzene rings is 1. The minimum atomic E-state index is -0.568. The van der Waals surface area contributed by atoms with Gasteiger partial charge in [0.05, 0.1) is 6.04 Å². The van der Waals surface area contributed by atoms with Gasteiger partial charge < -0.3 is 11.5 Å². The van der Waals surface area contributed by atoms with Crippen LogP contribution in [0.3, 0.4) is 0 Å². The number of carbonyl (C=O) groups is 1. The Kier molecular flexibility index (Phi) is 3.98. The first kappa shape index (κ1) is 11.1. The Bertz CT molecular complexity index is 310. The lowest BCUT2D eigenvalue weighted by atomic mass is 10.2. The molecule has 1 aromatic carbocycles. The highest BCUT2D eigenvalue weighted by Gasteiger charge is 2.08. The molecule has 0 fully saturated rings. The van der Waals surface area contributed by atoms with Gasteiger partial charge in [0.2, 0.25) is 5.91 Å². The van der Waals surface area contributed by atoms with E-state index in [9.17, 15) is 4.79 Å². The largest absolute Gasteiger partial charge is 0.368 e. The van der Waals surface area contributed by atoms with Crippen molar-refractivity contribution in [2.75, 3.05) is 5.75 Å². The average molecular weight is 210 g/mol. The zero-order chi connectivity index (χ0) is 10.6. The summed E-state index contributed by atoms with van der Waals surface area (Å²) in [6, 6.07) is 7.50. The first-order chi connectivity index (χ1) is 6.59. The van der Waals surface area contributed by atoms with E-state index in [1.807, 2.05) is 31.2 Å². The smallest absolute Gasteiger partial charge is 0.235 e. The van der Waals surface area contributed by atoms with Gasteiger partial charge in [-0.05, 0) is 19.1 Å². The highest BCUT2D eigenvalue weighted by molar-refractivity contribution is 7.99. The van der Waals surface area contributed by atoms with Crippen LogP contribution in [0.5, 0.6) is 0 Å². The van der Waals surface area contributed by atoms with Crippen LogP contribution < -0.4 is 11.5 Å². The summed E-state index contributed by atoms with van der Waals surface area (Å²) in [6.07, 6.45) is 0. The second-order valence-corrected chi connectivity index (χ2v) is 4.23. The molecule has 0 saturated carbocycles. The van der Waals surface area contributed by atoms with Crippen LogP contribution in [0.25, 0.3) is 0 Å². The second kappa shape index (κ2) is 5.02. The minimum absolute atomic E-state index is 0.454. The fraction of sp³-hybridized carbons (Fsp3) is 0.300. The zero-order valence-corrected chi connectivity index (χ0v) is 8.88. The van der Waals surface area contributed by atoms with Crippen LogP contribution in [0.1, 0.15) is 5.56 Å². The number of rotatable bonds is 4. The van der Waals surface area contributed by atoms with Crippen molar-refractivity contribution in [3.63, 3.8) is 0 Å². The van der Waals surface area contributed by atoms with E-state index in [0.29, 0.717) is 5.75 Å². The Morgan fingerprint density at radius 1 is 1.43 bits per heavy atom. The molecule has 1 rings (SSSR count). The third kappa shape index (κ3) is 3.40. The zero-order valence-electron chi connectivity index (χ0n) is 8.07. The van der Waals surface area contributed by atoms with Gasteiger partial charge in [-0.3, -0.25) is 4.79 Å². The molecule has 1 atom stereocenters. The normalized spacial score (nSPS) is 12.4. The molecule has 0 radical (unpaired) electrons. The average Bonchev–Trinajstić information content (AvgIpc) is 2.16. The first-order valence-corrected chi connectivity index (χ1v) is 5.32. The highest BCUT2D eigenvalue weighted by atomic mass is 32.2. The van der Waals surface area contributed by atoms with Crippen molar-refractivity contribution < 1.29 is 4.79 Å². The van der Waals surface area contributed by atoms with Crippen LogP contribution >= 0.6 is 11.8 Å². The van der Waals surface area contributed by atoms with E-state index in [-0.39, 0.29) is 0 Å². The molecule has 0 aliphatic rings. The summed E-state index contributed by atoms with van der Waals surface area (Å²) >= 11 is 1.54. The van der Waals surface area contributed by atoms with Crippen LogP contribution in [0, 0.1) is 6.92 Å². The molecule has 4 N–H and O–H groups in total. The van der Waals surface area contributed by atoms with Crippen LogP contribution in [0.15, 0.2) is 29.2 Å². The topological polar surface area (TPSA) is 69.1 Å². The monoisotopic (exact) mass is 210 g/mol. The molecule has 1 aromatic rings. The molecule has 0 saturated heterocycles. The molecule has 0 aliphatic heterocycles. The van der Waals surface area contributed by atoms with Crippen molar-refractivity contribution in [3.05, 3.63) is 29.8 Å². The fourth-order valence-corrected chi connectivity index (χ4v) is 1.77. The van der Waals surface area contributed by atoms with Gasteiger partial charge in [0, 0.05) is 10.6 Å². The lowest BCUT2D eigenvalue weighted by Gasteiger charge is -2.06. The van der Waals surface area contributed by atoms with E-state index in [0.717, 1.165) is 4.90 Å². The lowest BCUT2D eigenvalue weighted by Crippen LogP contribution is -2.38. The number of amides is 1. The summed E-state index contributed by atoms with van der Waals surface area (Å²) in [6.45, 7) is 2.03. The van der Waals surface area contributed by atoms with Crippen molar-refractivity contribution in [3.8, 4) is 0 Å². The molecule has 4 heteroatoms. The van der Waals surface area contributed by atoms with Crippen molar-refractivity contribution in [2.45, 2.75) is 17.9 Å². The second-order valence-electron chi connectivity index (χ2n) is 3.13. The van der Waals surface area contributed by atoms with E-state index < -0.39 is 11.9 Å². The standard InChI is InChI=1S/C10H14N2OS/c1-7-2-4-8(5-3-7)14-6-9(11)10(12)13/h2-5,9H,6,11H2,1H3,(H2,12,13)/t9-/m0/s1. The third-order valence-electron chi connectivity index (χ3n) is 1.82. The molecule has 1 amide bonds. The van der Waals surface area contributed by atoms with Gasteiger partial charge in [-0.25, -0.2) is 0 Å². The maximum absolute atomic E-state index is 10.7. The van der Waals surface area contributed by atoms with E-state index in [2.05, 4.69) is 0 Å². The third-order valence-corrected chi connectivity index (χ3v) is 2.95. The molecule has 14 heavy (non-hydrogen) atoms. The van der Waals surface area contributed by atoms with Gasteiger partial charge >= 0.3 is 0 Å². The van der Waals surface area contributed by atoms with Gasteiger partial charge in [-0.1, -0.05) is 17.7 Å². The summed E-state index contributed by atoms with van der Waals surface area (Å²) in [4.78, 5) is 11.8. The Labute approximate surface area is 87.9 Å². The Morgan fingerprint density at radius 2 is 2.00 bits per heavy atom. The van der Waals surface area contributed by atoms with Crippen LogP contribution in [-0.2, 0) is 4.79 Å². The number of aryl methyl sites for hydroxylation is 1. The van der Waals surface area contributed by atoms with Gasteiger partial charge in [0.1, 0.15) is 0 Å². The number of hydrogen-bond acceptors (Lipinski definition) is 3. The van der Waals surface area contributed by atoms with E-state index in [1.54, 1.807) is 0 Å². The Hall–Kier alpha value is -1.00. The summed E-state index contributed by atoms with van der Waals surface area (Å²) in [5.74, 6) is 0.0721. The van der Waals surface area contributed by atoms with Crippen LogP contribution in [0.2, 0.25) is 0 Å². The molecule has 0 bridgehead atoms. The Balaban J connectivity index is 2.46. The SMILES string of the molecule is Cc1ccc(SC[C@H](N)C(N)=O)cc1. The van der Waals surface area contributed by atoms with E-state index in [4.69, 9.17) is 11.5 Å². The molecular formula is C10H14N2OS. The molecular weight excluding hydrogens is 196 g/mol. The number of thioether (sulfide) groups is 1. The summed E-state index contributed by atoms with van der Waals surface area (Å²) in [5.41, 5.74) is 11.8. The summed E-state index contributed by atoms with van der Waals surface area (Å²) < 4.78 is 0. The number of nitrogens with two attached hydrogens (primary N) is 2. The van der Waals surface area contributed by atoms with Gasteiger partial charge in [0.25, 0.3) is 0 Å². The molecule has 76 valence electrons. The van der Waals surface area contributed by atoms with Crippen LogP contribution in [0.4, 0.5) is 0 Å².